The number of benzene rings is 1. The highest BCUT2D eigenvalue weighted by molar-refractivity contribution is 6.12. The van der Waals surface area contributed by atoms with Crippen LogP contribution in [0.25, 0.3) is 10.9 Å². The number of aldehydes is 1. The number of para-hydroxylation sites is 1. The first-order valence-electron chi connectivity index (χ1n) is 7.68. The standard InChI is InChI=1S/C18H21NO5/c1-11(2)23-16(21)15-13(10-20)12-8-6-7-9-14(12)19(15)17(22)24-18(3,4)5/h6-11H,1-5H3. The molecule has 1 heterocycles. The maximum atomic E-state index is 12.6. The Morgan fingerprint density at radius 1 is 1.17 bits per heavy atom. The van der Waals surface area contributed by atoms with Gasteiger partial charge in [-0.1, -0.05) is 18.2 Å². The molecule has 24 heavy (non-hydrogen) atoms. The van der Waals surface area contributed by atoms with Crippen molar-refractivity contribution in [2.45, 2.75) is 46.3 Å². The first kappa shape index (κ1) is 17.7. The highest BCUT2D eigenvalue weighted by atomic mass is 16.6. The van der Waals surface area contributed by atoms with E-state index in [2.05, 4.69) is 0 Å². The SMILES string of the molecule is CC(C)OC(=O)c1c(C=O)c2ccccc2n1C(=O)OC(C)(C)C. The molecular weight excluding hydrogens is 310 g/mol. The molecule has 0 atom stereocenters. The van der Waals surface area contributed by atoms with Crippen LogP contribution in [0.5, 0.6) is 0 Å². The number of carbonyl (C=O) groups excluding carboxylic acids is 3. The summed E-state index contributed by atoms with van der Waals surface area (Å²) in [6.07, 6.45) is -0.565. The predicted octanol–water partition coefficient (Wildman–Crippen LogP) is 3.80. The Hall–Kier alpha value is -2.63. The van der Waals surface area contributed by atoms with Crippen LogP contribution in [0.1, 0.15) is 55.5 Å². The summed E-state index contributed by atoms with van der Waals surface area (Å²) in [4.78, 5) is 36.7. The van der Waals surface area contributed by atoms with Gasteiger partial charge in [0, 0.05) is 5.39 Å². The Bertz CT molecular complexity index is 796. The minimum atomic E-state index is -0.747. The van der Waals surface area contributed by atoms with Gasteiger partial charge in [-0.05, 0) is 40.7 Å². The molecule has 2 rings (SSSR count). The van der Waals surface area contributed by atoms with Gasteiger partial charge in [-0.3, -0.25) is 4.79 Å². The Labute approximate surface area is 140 Å². The first-order chi connectivity index (χ1) is 11.2. The molecule has 0 fully saturated rings. The van der Waals surface area contributed by atoms with E-state index in [1.807, 2.05) is 0 Å². The number of esters is 1. The number of aromatic nitrogens is 1. The third-order valence-corrected chi connectivity index (χ3v) is 3.14. The van der Waals surface area contributed by atoms with Crippen molar-refractivity contribution in [2.75, 3.05) is 0 Å². The number of hydrogen-bond donors (Lipinski definition) is 0. The summed E-state index contributed by atoms with van der Waals surface area (Å²) in [7, 11) is 0. The number of fused-ring (bicyclic) bond motifs is 1. The maximum absolute atomic E-state index is 12.6. The molecule has 0 bridgehead atoms. The molecule has 1 aromatic heterocycles. The van der Waals surface area contributed by atoms with Crippen molar-refractivity contribution in [3.63, 3.8) is 0 Å². The van der Waals surface area contributed by atoms with Gasteiger partial charge < -0.3 is 9.47 Å². The number of ether oxygens (including phenoxy) is 2. The summed E-state index contributed by atoms with van der Waals surface area (Å²) in [5, 5.41) is 0.495. The van der Waals surface area contributed by atoms with E-state index in [0.717, 1.165) is 4.57 Å². The summed E-state index contributed by atoms with van der Waals surface area (Å²) in [5.74, 6) is -0.742. The Morgan fingerprint density at radius 2 is 1.79 bits per heavy atom. The van der Waals surface area contributed by atoms with Crippen molar-refractivity contribution in [2.24, 2.45) is 0 Å². The van der Waals surface area contributed by atoms with Crippen LogP contribution in [0.4, 0.5) is 4.79 Å². The van der Waals surface area contributed by atoms with Gasteiger partial charge >= 0.3 is 12.1 Å². The zero-order valence-electron chi connectivity index (χ0n) is 14.5. The van der Waals surface area contributed by atoms with E-state index in [1.165, 1.54) is 0 Å². The molecule has 0 aliphatic carbocycles. The van der Waals surface area contributed by atoms with Gasteiger partial charge in [0.15, 0.2) is 6.29 Å². The fourth-order valence-corrected chi connectivity index (χ4v) is 2.35. The predicted molar refractivity (Wildman–Crippen MR) is 89.5 cm³/mol. The van der Waals surface area contributed by atoms with E-state index in [1.54, 1.807) is 58.9 Å². The Morgan fingerprint density at radius 3 is 2.33 bits per heavy atom. The Balaban J connectivity index is 2.73. The largest absolute Gasteiger partial charge is 0.458 e. The van der Waals surface area contributed by atoms with Crippen molar-refractivity contribution in [1.29, 1.82) is 0 Å². The van der Waals surface area contributed by atoms with Gasteiger partial charge in [0.05, 0.1) is 17.2 Å². The zero-order chi connectivity index (χ0) is 18.1. The van der Waals surface area contributed by atoms with E-state index in [-0.39, 0.29) is 17.4 Å². The second kappa shape index (κ2) is 6.47. The van der Waals surface area contributed by atoms with E-state index in [0.29, 0.717) is 17.2 Å². The van der Waals surface area contributed by atoms with Crippen molar-refractivity contribution in [1.82, 2.24) is 4.57 Å². The number of carbonyl (C=O) groups is 3. The molecule has 0 N–H and O–H groups in total. The molecule has 0 unspecified atom stereocenters. The van der Waals surface area contributed by atoms with Crippen LogP contribution in [0, 0.1) is 0 Å². The minimum Gasteiger partial charge on any atom is -0.458 e. The second-order valence-corrected chi connectivity index (χ2v) is 6.67. The number of nitrogens with zero attached hydrogens (tertiary/aromatic N) is 1. The third-order valence-electron chi connectivity index (χ3n) is 3.14. The third kappa shape index (κ3) is 3.48. The molecule has 2 aromatic rings. The van der Waals surface area contributed by atoms with E-state index < -0.39 is 17.7 Å². The van der Waals surface area contributed by atoms with E-state index in [4.69, 9.17) is 9.47 Å². The van der Waals surface area contributed by atoms with Gasteiger partial charge in [-0.2, -0.15) is 0 Å². The maximum Gasteiger partial charge on any atom is 0.419 e. The smallest absolute Gasteiger partial charge is 0.419 e. The highest BCUT2D eigenvalue weighted by Gasteiger charge is 2.30. The van der Waals surface area contributed by atoms with Crippen molar-refractivity contribution in [3.05, 3.63) is 35.5 Å². The molecule has 0 aliphatic heterocycles. The van der Waals surface area contributed by atoms with Crippen LogP contribution in [-0.4, -0.2) is 34.6 Å². The van der Waals surface area contributed by atoms with Gasteiger partial charge in [-0.25, -0.2) is 14.2 Å². The van der Waals surface area contributed by atoms with E-state index in [9.17, 15) is 14.4 Å². The van der Waals surface area contributed by atoms with Crippen LogP contribution in [0.3, 0.4) is 0 Å². The first-order valence-corrected chi connectivity index (χ1v) is 7.68. The molecule has 128 valence electrons. The minimum absolute atomic E-state index is 0.113. The second-order valence-electron chi connectivity index (χ2n) is 6.67. The molecular formula is C18H21NO5. The fraction of sp³-hybridized carbons (Fsp3) is 0.389. The summed E-state index contributed by atoms with van der Waals surface area (Å²) < 4.78 is 11.7. The van der Waals surface area contributed by atoms with Gasteiger partial charge in [-0.15, -0.1) is 0 Å². The molecule has 1 aromatic carbocycles. The lowest BCUT2D eigenvalue weighted by Gasteiger charge is -2.21. The van der Waals surface area contributed by atoms with Crippen molar-refractivity contribution >= 4 is 29.3 Å². The van der Waals surface area contributed by atoms with Crippen molar-refractivity contribution < 1.29 is 23.9 Å². The molecule has 6 nitrogen and oxygen atoms in total. The normalized spacial score (nSPS) is 11.6. The van der Waals surface area contributed by atoms with E-state index >= 15 is 0 Å². The van der Waals surface area contributed by atoms with Crippen LogP contribution < -0.4 is 0 Å². The molecule has 0 saturated heterocycles. The number of rotatable bonds is 3. The van der Waals surface area contributed by atoms with Crippen LogP contribution in [0.2, 0.25) is 0 Å². The molecule has 0 radical (unpaired) electrons. The summed E-state index contributed by atoms with van der Waals surface area (Å²) in [6.45, 7) is 8.56. The number of hydrogen-bond acceptors (Lipinski definition) is 5. The lowest BCUT2D eigenvalue weighted by Crippen LogP contribution is -2.29. The van der Waals surface area contributed by atoms with Crippen LogP contribution in [0.15, 0.2) is 24.3 Å². The molecule has 0 amide bonds. The summed E-state index contributed by atoms with van der Waals surface area (Å²) >= 11 is 0. The average Bonchev–Trinajstić information content (AvgIpc) is 2.79. The van der Waals surface area contributed by atoms with Gasteiger partial charge in [0.1, 0.15) is 11.3 Å². The quantitative estimate of drug-likeness (QED) is 0.631. The van der Waals surface area contributed by atoms with Crippen molar-refractivity contribution in [3.8, 4) is 0 Å². The van der Waals surface area contributed by atoms with Gasteiger partial charge in [0.2, 0.25) is 0 Å². The fourth-order valence-electron chi connectivity index (χ4n) is 2.35. The van der Waals surface area contributed by atoms with Crippen LogP contribution in [-0.2, 0) is 9.47 Å². The lowest BCUT2D eigenvalue weighted by molar-refractivity contribution is 0.0338. The lowest BCUT2D eigenvalue weighted by atomic mass is 10.1. The summed E-state index contributed by atoms with van der Waals surface area (Å²) in [6, 6.07) is 6.77. The molecule has 0 spiro atoms. The summed E-state index contributed by atoms with van der Waals surface area (Å²) in [5.41, 5.74) is -0.330. The monoisotopic (exact) mass is 331 g/mol. The van der Waals surface area contributed by atoms with Crippen LogP contribution >= 0.6 is 0 Å². The zero-order valence-corrected chi connectivity index (χ0v) is 14.5. The highest BCUT2D eigenvalue weighted by Crippen LogP contribution is 2.27. The van der Waals surface area contributed by atoms with Gasteiger partial charge in [0.25, 0.3) is 0 Å². The molecule has 0 saturated carbocycles. The average molecular weight is 331 g/mol. The Kier molecular flexibility index (Phi) is 4.78. The molecule has 0 aliphatic rings. The molecule has 6 heteroatoms. The topological polar surface area (TPSA) is 74.6 Å².